The van der Waals surface area contributed by atoms with Gasteiger partial charge in [-0.3, -0.25) is 0 Å². The molecule has 0 saturated carbocycles. The molecule has 0 spiro atoms. The molecule has 1 fully saturated rings. The molecule has 1 N–H and O–H groups in total. The Balaban J connectivity index is 1.55. The van der Waals surface area contributed by atoms with Crippen molar-refractivity contribution in [1.29, 1.82) is 0 Å². The summed E-state index contributed by atoms with van der Waals surface area (Å²) in [6, 6.07) is 17.7. The maximum absolute atomic E-state index is 13.5. The predicted octanol–water partition coefficient (Wildman–Crippen LogP) is 7.42. The van der Waals surface area contributed by atoms with E-state index in [0.717, 1.165) is 36.7 Å². The highest BCUT2D eigenvalue weighted by molar-refractivity contribution is 6.36. The molecule has 4 rings (SSSR count). The lowest BCUT2D eigenvalue weighted by Crippen LogP contribution is -2.44. The Morgan fingerprint density at radius 3 is 2.32 bits per heavy atom. The number of hydrogen-bond donors (Lipinski definition) is 1. The fraction of sp³-hybridized carbons (Fsp3) is 0.250. The summed E-state index contributed by atoms with van der Waals surface area (Å²) in [6.07, 6.45) is 1.71. The smallest absolute Gasteiger partial charge is 0.159 e. The van der Waals surface area contributed by atoms with E-state index in [-0.39, 0.29) is 12.1 Å². The maximum Gasteiger partial charge on any atom is 0.159 e. The van der Waals surface area contributed by atoms with Crippen LogP contribution in [0, 0.1) is 11.6 Å². The number of nitrogens with zero attached hydrogens (tertiary/aromatic N) is 1. The van der Waals surface area contributed by atoms with Crippen molar-refractivity contribution >= 4 is 40.5 Å². The van der Waals surface area contributed by atoms with Crippen molar-refractivity contribution < 1.29 is 8.78 Å². The highest BCUT2D eigenvalue weighted by atomic mass is 35.5. The van der Waals surface area contributed by atoms with Crippen molar-refractivity contribution in [2.24, 2.45) is 0 Å². The van der Waals surface area contributed by atoms with Gasteiger partial charge in [0, 0.05) is 29.2 Å². The van der Waals surface area contributed by atoms with Gasteiger partial charge >= 0.3 is 0 Å². The molecule has 1 saturated heterocycles. The van der Waals surface area contributed by atoms with Gasteiger partial charge in [0.25, 0.3) is 0 Å². The summed E-state index contributed by atoms with van der Waals surface area (Å²) in [5.41, 5.74) is 2.78. The molecule has 1 heterocycles. The van der Waals surface area contributed by atoms with Crippen molar-refractivity contribution in [3.8, 4) is 0 Å². The lowest BCUT2D eigenvalue weighted by molar-refractivity contribution is 0.359. The number of anilines is 1. The average molecular weight is 482 g/mol. The SMILES string of the molecule is Fc1ccc(CN[C@@H]2CCN(c3ccc(Cl)cc3Cl)[C@H](c3ccc(Cl)cc3)C2)cc1F. The first-order valence-electron chi connectivity index (χ1n) is 10.0. The first-order valence-corrected chi connectivity index (χ1v) is 11.2. The lowest BCUT2D eigenvalue weighted by atomic mass is 9.91. The summed E-state index contributed by atoms with van der Waals surface area (Å²) in [5.74, 6) is -1.66. The van der Waals surface area contributed by atoms with Crippen LogP contribution in [0.25, 0.3) is 0 Å². The van der Waals surface area contributed by atoms with Gasteiger partial charge in [0.2, 0.25) is 0 Å². The van der Waals surface area contributed by atoms with Crippen LogP contribution in [0.4, 0.5) is 14.5 Å². The molecule has 0 bridgehead atoms. The highest BCUT2D eigenvalue weighted by Crippen LogP contribution is 2.39. The number of rotatable bonds is 5. The van der Waals surface area contributed by atoms with Crippen molar-refractivity contribution in [1.82, 2.24) is 5.32 Å². The Bertz CT molecular complexity index is 1060. The number of piperidine rings is 1. The molecule has 0 amide bonds. The lowest BCUT2D eigenvalue weighted by Gasteiger charge is -2.42. The summed E-state index contributed by atoms with van der Waals surface area (Å²) in [6.45, 7) is 1.25. The Hall–Kier alpha value is -1.85. The third-order valence-electron chi connectivity index (χ3n) is 5.66. The molecule has 3 aromatic carbocycles. The van der Waals surface area contributed by atoms with E-state index < -0.39 is 11.6 Å². The van der Waals surface area contributed by atoms with Crippen LogP contribution in [0.3, 0.4) is 0 Å². The number of nitrogens with one attached hydrogen (secondary N) is 1. The first kappa shape index (κ1) is 22.3. The second-order valence-corrected chi connectivity index (χ2v) is 8.99. The van der Waals surface area contributed by atoms with Gasteiger partial charge in [-0.2, -0.15) is 0 Å². The van der Waals surface area contributed by atoms with Crippen LogP contribution in [0.2, 0.25) is 15.1 Å². The summed E-state index contributed by atoms with van der Waals surface area (Å²) in [4.78, 5) is 2.29. The van der Waals surface area contributed by atoms with Crippen molar-refractivity contribution in [3.05, 3.63) is 98.5 Å². The highest BCUT2D eigenvalue weighted by Gasteiger charge is 2.30. The van der Waals surface area contributed by atoms with Crippen LogP contribution in [0.1, 0.15) is 30.0 Å². The van der Waals surface area contributed by atoms with Crippen LogP contribution in [-0.4, -0.2) is 12.6 Å². The van der Waals surface area contributed by atoms with Crippen molar-refractivity contribution in [3.63, 3.8) is 0 Å². The second kappa shape index (κ2) is 9.74. The van der Waals surface area contributed by atoms with Crippen LogP contribution in [-0.2, 0) is 6.54 Å². The minimum atomic E-state index is -0.834. The maximum atomic E-state index is 13.5. The molecule has 31 heavy (non-hydrogen) atoms. The molecule has 0 aromatic heterocycles. The van der Waals surface area contributed by atoms with Gasteiger partial charge in [-0.1, -0.05) is 53.0 Å². The monoisotopic (exact) mass is 480 g/mol. The molecule has 1 aliphatic heterocycles. The van der Waals surface area contributed by atoms with E-state index in [4.69, 9.17) is 34.8 Å². The minimum Gasteiger partial charge on any atom is -0.363 e. The molecule has 3 aromatic rings. The van der Waals surface area contributed by atoms with Gasteiger partial charge in [-0.05, 0) is 66.4 Å². The van der Waals surface area contributed by atoms with Gasteiger partial charge in [-0.25, -0.2) is 8.78 Å². The number of halogens is 5. The normalized spacial score (nSPS) is 18.9. The molecular formula is C24H21Cl3F2N2. The van der Waals surface area contributed by atoms with Gasteiger partial charge in [0.15, 0.2) is 11.6 Å². The summed E-state index contributed by atoms with van der Waals surface area (Å²) in [7, 11) is 0. The van der Waals surface area contributed by atoms with Gasteiger partial charge < -0.3 is 10.2 Å². The topological polar surface area (TPSA) is 15.3 Å². The molecule has 1 aliphatic rings. The van der Waals surface area contributed by atoms with E-state index in [0.29, 0.717) is 27.2 Å². The Kier molecular flexibility index (Phi) is 7.02. The summed E-state index contributed by atoms with van der Waals surface area (Å²) >= 11 is 18.7. The Labute approximate surface area is 195 Å². The predicted molar refractivity (Wildman–Crippen MR) is 124 cm³/mol. The molecule has 2 atom stereocenters. The molecule has 7 heteroatoms. The number of benzene rings is 3. The molecule has 0 radical (unpaired) electrons. The van der Waals surface area contributed by atoms with Crippen LogP contribution >= 0.6 is 34.8 Å². The summed E-state index contributed by atoms with van der Waals surface area (Å²) < 4.78 is 26.7. The Morgan fingerprint density at radius 2 is 1.61 bits per heavy atom. The third-order valence-corrected chi connectivity index (χ3v) is 6.45. The summed E-state index contributed by atoms with van der Waals surface area (Å²) in [5, 5.41) is 5.39. The molecule has 2 nitrogen and oxygen atoms in total. The van der Waals surface area contributed by atoms with E-state index >= 15 is 0 Å². The zero-order valence-electron chi connectivity index (χ0n) is 16.6. The van der Waals surface area contributed by atoms with Crippen molar-refractivity contribution in [2.45, 2.75) is 31.5 Å². The van der Waals surface area contributed by atoms with Gasteiger partial charge in [0.1, 0.15) is 0 Å². The van der Waals surface area contributed by atoms with Crippen LogP contribution in [0.15, 0.2) is 60.7 Å². The van der Waals surface area contributed by atoms with E-state index in [1.807, 2.05) is 36.4 Å². The molecule has 162 valence electrons. The van der Waals surface area contributed by atoms with E-state index in [2.05, 4.69) is 10.2 Å². The van der Waals surface area contributed by atoms with E-state index in [9.17, 15) is 8.78 Å². The Morgan fingerprint density at radius 1 is 0.871 bits per heavy atom. The van der Waals surface area contributed by atoms with Crippen molar-refractivity contribution in [2.75, 3.05) is 11.4 Å². The van der Waals surface area contributed by atoms with Gasteiger partial charge in [0.05, 0.1) is 16.8 Å². The molecule has 0 aliphatic carbocycles. The minimum absolute atomic E-state index is 0.0761. The van der Waals surface area contributed by atoms with E-state index in [1.165, 1.54) is 6.07 Å². The second-order valence-electron chi connectivity index (χ2n) is 7.71. The fourth-order valence-corrected chi connectivity index (χ4v) is 4.71. The number of hydrogen-bond acceptors (Lipinski definition) is 2. The zero-order valence-corrected chi connectivity index (χ0v) is 18.9. The zero-order chi connectivity index (χ0) is 22.0. The van der Waals surface area contributed by atoms with Crippen LogP contribution < -0.4 is 10.2 Å². The fourth-order valence-electron chi connectivity index (χ4n) is 4.07. The van der Waals surface area contributed by atoms with Crippen LogP contribution in [0.5, 0.6) is 0 Å². The molecule has 0 unspecified atom stereocenters. The first-order chi connectivity index (χ1) is 14.9. The van der Waals surface area contributed by atoms with Gasteiger partial charge in [-0.15, -0.1) is 0 Å². The average Bonchev–Trinajstić information content (AvgIpc) is 2.75. The molecular weight excluding hydrogens is 461 g/mol. The van der Waals surface area contributed by atoms with E-state index in [1.54, 1.807) is 12.1 Å². The standard InChI is InChI=1S/C24H21Cl3F2N2/c25-17-4-2-16(3-5-17)24-13-19(30-14-15-1-7-21(28)22(29)11-15)9-10-31(24)23-8-6-18(26)12-20(23)27/h1-8,11-12,19,24,30H,9-10,13-14H2/t19-,24+/m1/s1. The quantitative estimate of drug-likeness (QED) is 0.408. The largest absolute Gasteiger partial charge is 0.363 e. The third kappa shape index (κ3) is 5.32.